The van der Waals surface area contributed by atoms with E-state index in [4.69, 9.17) is 0 Å². The Hall–Kier alpha value is -1.55. The SMILES string of the molecule is Cc1cc(N(C)C)ccc1NC(=O)CC(O)C(C)C. The molecular weight excluding hydrogens is 240 g/mol. The molecule has 1 aromatic carbocycles. The lowest BCUT2D eigenvalue weighted by atomic mass is 10.0. The number of aliphatic hydroxyl groups excluding tert-OH is 1. The Morgan fingerprint density at radius 2 is 2.00 bits per heavy atom. The van der Waals surface area contributed by atoms with E-state index in [0.717, 1.165) is 16.9 Å². The smallest absolute Gasteiger partial charge is 0.226 e. The molecule has 2 N–H and O–H groups in total. The average Bonchev–Trinajstić information content (AvgIpc) is 2.31. The maximum absolute atomic E-state index is 11.8. The molecule has 106 valence electrons. The third-order valence-electron chi connectivity index (χ3n) is 3.16. The molecule has 0 fully saturated rings. The van der Waals surface area contributed by atoms with Crippen molar-refractivity contribution >= 4 is 17.3 Å². The second-order valence-electron chi connectivity index (χ2n) is 5.46. The van der Waals surface area contributed by atoms with E-state index in [9.17, 15) is 9.90 Å². The van der Waals surface area contributed by atoms with Gasteiger partial charge in [0.2, 0.25) is 5.91 Å². The molecule has 4 heteroatoms. The predicted molar refractivity (Wildman–Crippen MR) is 79.6 cm³/mol. The van der Waals surface area contributed by atoms with Crippen molar-refractivity contribution in [2.75, 3.05) is 24.3 Å². The highest BCUT2D eigenvalue weighted by atomic mass is 16.3. The first-order chi connectivity index (χ1) is 8.81. The lowest BCUT2D eigenvalue weighted by Gasteiger charge is -2.17. The third-order valence-corrected chi connectivity index (χ3v) is 3.16. The minimum Gasteiger partial charge on any atom is -0.392 e. The van der Waals surface area contributed by atoms with Crippen LogP contribution in [0.5, 0.6) is 0 Å². The van der Waals surface area contributed by atoms with Crippen molar-refractivity contribution in [1.29, 1.82) is 0 Å². The van der Waals surface area contributed by atoms with E-state index >= 15 is 0 Å². The highest BCUT2D eigenvalue weighted by molar-refractivity contribution is 5.92. The Kier molecular flexibility index (Phi) is 5.36. The van der Waals surface area contributed by atoms with Crippen molar-refractivity contribution < 1.29 is 9.90 Å². The number of hydrogen-bond acceptors (Lipinski definition) is 3. The van der Waals surface area contributed by atoms with Crippen LogP contribution in [0.3, 0.4) is 0 Å². The molecule has 1 aromatic rings. The molecule has 0 bridgehead atoms. The summed E-state index contributed by atoms with van der Waals surface area (Å²) in [4.78, 5) is 13.8. The quantitative estimate of drug-likeness (QED) is 0.858. The van der Waals surface area contributed by atoms with Crippen LogP contribution in [-0.4, -0.2) is 31.2 Å². The summed E-state index contributed by atoms with van der Waals surface area (Å²) in [5.74, 6) is -0.0649. The van der Waals surface area contributed by atoms with Crippen LogP contribution in [0.25, 0.3) is 0 Å². The van der Waals surface area contributed by atoms with Gasteiger partial charge in [0, 0.05) is 25.5 Å². The number of aliphatic hydroxyl groups is 1. The topological polar surface area (TPSA) is 52.6 Å². The number of carbonyl (C=O) groups is 1. The van der Waals surface area contributed by atoms with Gasteiger partial charge < -0.3 is 15.3 Å². The lowest BCUT2D eigenvalue weighted by molar-refractivity contribution is -0.118. The summed E-state index contributed by atoms with van der Waals surface area (Å²) in [6.07, 6.45) is -0.464. The maximum Gasteiger partial charge on any atom is 0.226 e. The summed E-state index contributed by atoms with van der Waals surface area (Å²) in [7, 11) is 3.96. The standard InChI is InChI=1S/C15H24N2O2/c1-10(2)14(18)9-15(19)16-13-7-6-12(17(4)5)8-11(13)3/h6-8,10,14,18H,9H2,1-5H3,(H,16,19). The van der Waals surface area contributed by atoms with Crippen LogP contribution < -0.4 is 10.2 Å². The zero-order valence-electron chi connectivity index (χ0n) is 12.4. The highest BCUT2D eigenvalue weighted by Gasteiger charge is 2.15. The van der Waals surface area contributed by atoms with Gasteiger partial charge in [0.25, 0.3) is 0 Å². The molecule has 0 heterocycles. The Bertz CT molecular complexity index is 442. The molecule has 1 atom stereocenters. The molecule has 0 aliphatic rings. The van der Waals surface area contributed by atoms with Crippen LogP contribution in [0.4, 0.5) is 11.4 Å². The van der Waals surface area contributed by atoms with E-state index in [1.54, 1.807) is 0 Å². The van der Waals surface area contributed by atoms with Crippen LogP contribution in [-0.2, 0) is 4.79 Å². The molecular formula is C15H24N2O2. The molecule has 1 amide bonds. The van der Waals surface area contributed by atoms with Gasteiger partial charge in [-0.25, -0.2) is 0 Å². The number of nitrogens with one attached hydrogen (secondary N) is 1. The molecule has 0 spiro atoms. The van der Waals surface area contributed by atoms with E-state index in [2.05, 4.69) is 5.32 Å². The molecule has 1 unspecified atom stereocenters. The first-order valence-corrected chi connectivity index (χ1v) is 6.57. The number of benzene rings is 1. The molecule has 0 aromatic heterocycles. The van der Waals surface area contributed by atoms with Gasteiger partial charge >= 0.3 is 0 Å². The van der Waals surface area contributed by atoms with Gasteiger partial charge in [0.05, 0.1) is 12.5 Å². The van der Waals surface area contributed by atoms with Crippen molar-refractivity contribution in [3.05, 3.63) is 23.8 Å². The summed E-state index contributed by atoms with van der Waals surface area (Å²) in [6.45, 7) is 5.76. The normalized spacial score (nSPS) is 12.4. The third kappa shape index (κ3) is 4.56. The average molecular weight is 264 g/mol. The monoisotopic (exact) mass is 264 g/mol. The molecule has 0 aliphatic carbocycles. The predicted octanol–water partition coefficient (Wildman–Crippen LogP) is 2.41. The van der Waals surface area contributed by atoms with Gasteiger partial charge in [-0.1, -0.05) is 13.8 Å². The zero-order valence-corrected chi connectivity index (χ0v) is 12.4. The second-order valence-corrected chi connectivity index (χ2v) is 5.46. The van der Waals surface area contributed by atoms with E-state index < -0.39 is 6.10 Å². The minimum atomic E-state index is -0.596. The van der Waals surface area contributed by atoms with Gasteiger partial charge in [0.15, 0.2) is 0 Å². The number of rotatable bonds is 5. The Labute approximate surface area is 115 Å². The van der Waals surface area contributed by atoms with Crippen LogP contribution in [0.1, 0.15) is 25.8 Å². The minimum absolute atomic E-state index is 0.0861. The molecule has 0 aliphatic heterocycles. The van der Waals surface area contributed by atoms with Crippen molar-refractivity contribution in [2.24, 2.45) is 5.92 Å². The fourth-order valence-corrected chi connectivity index (χ4v) is 1.69. The Balaban J connectivity index is 2.70. The highest BCUT2D eigenvalue weighted by Crippen LogP contribution is 2.21. The number of carbonyl (C=O) groups excluding carboxylic acids is 1. The summed E-state index contributed by atoms with van der Waals surface area (Å²) >= 11 is 0. The Morgan fingerprint density at radius 3 is 2.47 bits per heavy atom. The molecule has 1 rings (SSSR count). The van der Waals surface area contributed by atoms with Crippen molar-refractivity contribution in [3.8, 4) is 0 Å². The van der Waals surface area contributed by atoms with Crippen LogP contribution in [0.2, 0.25) is 0 Å². The van der Waals surface area contributed by atoms with Crippen molar-refractivity contribution in [1.82, 2.24) is 0 Å². The molecule has 4 nitrogen and oxygen atoms in total. The summed E-state index contributed by atoms with van der Waals surface area (Å²) in [5, 5.41) is 12.5. The Morgan fingerprint density at radius 1 is 1.37 bits per heavy atom. The van der Waals surface area contributed by atoms with Gasteiger partial charge in [-0.2, -0.15) is 0 Å². The fraction of sp³-hybridized carbons (Fsp3) is 0.533. The van der Waals surface area contributed by atoms with Gasteiger partial charge in [0.1, 0.15) is 0 Å². The maximum atomic E-state index is 11.8. The van der Waals surface area contributed by atoms with Crippen LogP contribution in [0.15, 0.2) is 18.2 Å². The van der Waals surface area contributed by atoms with Gasteiger partial charge in [-0.05, 0) is 36.6 Å². The first kappa shape index (κ1) is 15.5. The summed E-state index contributed by atoms with van der Waals surface area (Å²) < 4.78 is 0. The fourth-order valence-electron chi connectivity index (χ4n) is 1.69. The second kappa shape index (κ2) is 6.57. The van der Waals surface area contributed by atoms with Gasteiger partial charge in [-0.15, -0.1) is 0 Å². The number of amides is 1. The number of aryl methyl sites for hydroxylation is 1. The van der Waals surface area contributed by atoms with Crippen molar-refractivity contribution in [2.45, 2.75) is 33.3 Å². The zero-order chi connectivity index (χ0) is 14.6. The lowest BCUT2D eigenvalue weighted by Crippen LogP contribution is -2.24. The number of anilines is 2. The summed E-state index contributed by atoms with van der Waals surface area (Å²) in [5.41, 5.74) is 2.91. The van der Waals surface area contributed by atoms with E-state index in [-0.39, 0.29) is 18.2 Å². The summed E-state index contributed by atoms with van der Waals surface area (Å²) in [6, 6.07) is 5.88. The van der Waals surface area contributed by atoms with Crippen LogP contribution in [0, 0.1) is 12.8 Å². The van der Waals surface area contributed by atoms with E-state index in [0.29, 0.717) is 0 Å². The van der Waals surface area contributed by atoms with Crippen LogP contribution >= 0.6 is 0 Å². The van der Waals surface area contributed by atoms with E-state index in [1.165, 1.54) is 0 Å². The first-order valence-electron chi connectivity index (χ1n) is 6.57. The van der Waals surface area contributed by atoms with Crippen molar-refractivity contribution in [3.63, 3.8) is 0 Å². The largest absolute Gasteiger partial charge is 0.392 e. The molecule has 19 heavy (non-hydrogen) atoms. The number of hydrogen-bond donors (Lipinski definition) is 2. The number of nitrogens with zero attached hydrogens (tertiary/aromatic N) is 1. The molecule has 0 saturated heterocycles. The molecule has 0 radical (unpaired) electrons. The van der Waals surface area contributed by atoms with E-state index in [1.807, 2.05) is 58.0 Å². The van der Waals surface area contributed by atoms with Gasteiger partial charge in [-0.3, -0.25) is 4.79 Å². The molecule has 0 saturated carbocycles.